The lowest BCUT2D eigenvalue weighted by Gasteiger charge is -2.36. The van der Waals surface area contributed by atoms with Gasteiger partial charge in [-0.2, -0.15) is 9.97 Å². The Morgan fingerprint density at radius 3 is 2.50 bits per heavy atom. The minimum Gasteiger partial charge on any atom is -0.490 e. The van der Waals surface area contributed by atoms with Crippen LogP contribution in [0.4, 0.5) is 4.39 Å². The molecule has 0 spiro atoms. The summed E-state index contributed by atoms with van der Waals surface area (Å²) in [7, 11) is 3.76. The van der Waals surface area contributed by atoms with E-state index in [-0.39, 0.29) is 11.9 Å². The van der Waals surface area contributed by atoms with E-state index in [0.29, 0.717) is 47.5 Å². The second kappa shape index (κ2) is 9.13. The lowest BCUT2D eigenvalue weighted by molar-refractivity contribution is 0.0659. The van der Waals surface area contributed by atoms with Gasteiger partial charge in [0.2, 0.25) is 0 Å². The van der Waals surface area contributed by atoms with Crippen LogP contribution in [-0.4, -0.2) is 56.8 Å². The molecule has 1 aromatic carbocycles. The van der Waals surface area contributed by atoms with Crippen LogP contribution in [0, 0.1) is 18.7 Å². The molecule has 2 aliphatic heterocycles. The molecule has 0 saturated carbocycles. The molecular weight excluding hydrogens is 433 g/mol. The van der Waals surface area contributed by atoms with Crippen molar-refractivity contribution < 1.29 is 13.9 Å². The quantitative estimate of drug-likeness (QED) is 0.509. The van der Waals surface area contributed by atoms with E-state index in [0.717, 1.165) is 36.3 Å². The van der Waals surface area contributed by atoms with E-state index >= 15 is 4.39 Å². The number of aryl methyl sites for hydroxylation is 1. The number of ether oxygens (including phenoxy) is 2. The first-order chi connectivity index (χ1) is 16.3. The molecule has 34 heavy (non-hydrogen) atoms. The maximum atomic E-state index is 15.3. The first kappa shape index (κ1) is 23.0. The van der Waals surface area contributed by atoms with Crippen LogP contribution in [0.1, 0.15) is 56.6 Å². The van der Waals surface area contributed by atoms with Gasteiger partial charge in [0, 0.05) is 30.1 Å². The average Bonchev–Trinajstić information content (AvgIpc) is 3.20. The molecule has 2 saturated heterocycles. The molecule has 0 amide bonds. The summed E-state index contributed by atoms with van der Waals surface area (Å²) in [6.45, 7) is 6.52. The molecule has 2 atom stereocenters. The van der Waals surface area contributed by atoms with Gasteiger partial charge in [0.15, 0.2) is 5.65 Å². The summed E-state index contributed by atoms with van der Waals surface area (Å²) in [6.07, 6.45) is 5.41. The summed E-state index contributed by atoms with van der Waals surface area (Å²) in [5.74, 6) is 1.60. The van der Waals surface area contributed by atoms with Crippen molar-refractivity contribution in [3.8, 4) is 11.8 Å². The van der Waals surface area contributed by atoms with Gasteiger partial charge < -0.3 is 18.9 Å². The number of imidazole rings is 1. The van der Waals surface area contributed by atoms with Gasteiger partial charge in [-0.1, -0.05) is 19.9 Å². The van der Waals surface area contributed by atoms with Gasteiger partial charge >= 0.3 is 6.01 Å². The van der Waals surface area contributed by atoms with Crippen molar-refractivity contribution in [1.82, 2.24) is 24.4 Å². The normalized spacial score (nSPS) is 22.6. The number of benzene rings is 1. The largest absolute Gasteiger partial charge is 0.490 e. The fourth-order valence-electron chi connectivity index (χ4n) is 5.49. The van der Waals surface area contributed by atoms with Crippen molar-refractivity contribution in [3.05, 3.63) is 41.1 Å². The number of rotatable bonds is 7. The van der Waals surface area contributed by atoms with Crippen molar-refractivity contribution in [2.45, 2.75) is 77.6 Å². The first-order valence-corrected chi connectivity index (χ1v) is 12.3. The van der Waals surface area contributed by atoms with Gasteiger partial charge in [-0.25, -0.2) is 9.37 Å². The molecule has 2 fully saturated rings. The number of hydrogen-bond donors (Lipinski definition) is 0. The smallest absolute Gasteiger partial charge is 0.318 e. The highest BCUT2D eigenvalue weighted by molar-refractivity contribution is 5.74. The summed E-state index contributed by atoms with van der Waals surface area (Å²) in [5, 5.41) is 0. The molecule has 4 heterocycles. The second-order valence-electron chi connectivity index (χ2n) is 10.2. The second-order valence-corrected chi connectivity index (χ2v) is 10.2. The van der Waals surface area contributed by atoms with Gasteiger partial charge in [0.25, 0.3) is 0 Å². The molecule has 5 rings (SSSR count). The molecule has 3 aromatic rings. The summed E-state index contributed by atoms with van der Waals surface area (Å²) in [4.78, 5) is 16.2. The first-order valence-electron chi connectivity index (χ1n) is 12.3. The Morgan fingerprint density at radius 1 is 1.12 bits per heavy atom. The number of halogens is 1. The Labute approximate surface area is 200 Å². The number of nitrogens with zero attached hydrogens (tertiary/aromatic N) is 5. The van der Waals surface area contributed by atoms with Crippen molar-refractivity contribution in [2.75, 3.05) is 14.2 Å². The fourth-order valence-corrected chi connectivity index (χ4v) is 5.49. The molecular formula is C26H34FN5O2. The summed E-state index contributed by atoms with van der Waals surface area (Å²) in [5.41, 5.74) is 2.73. The summed E-state index contributed by atoms with van der Waals surface area (Å²) < 4.78 is 28.8. The van der Waals surface area contributed by atoms with E-state index in [1.165, 1.54) is 18.9 Å². The SMILES string of the molecule is COc1nc(C)c2nc(CC(C)C)n(Cc3ccc(OC4CC5CCC(C4)N5C)cc3F)c2n1. The molecule has 2 bridgehead atoms. The van der Waals surface area contributed by atoms with Gasteiger partial charge in [0.05, 0.1) is 19.3 Å². The van der Waals surface area contributed by atoms with Crippen LogP contribution in [0.5, 0.6) is 11.8 Å². The van der Waals surface area contributed by atoms with Crippen molar-refractivity contribution in [3.63, 3.8) is 0 Å². The maximum Gasteiger partial charge on any atom is 0.318 e. The van der Waals surface area contributed by atoms with Crippen LogP contribution >= 0.6 is 0 Å². The minimum atomic E-state index is -0.275. The summed E-state index contributed by atoms with van der Waals surface area (Å²) in [6, 6.07) is 6.70. The van der Waals surface area contributed by atoms with Crippen LogP contribution in [0.15, 0.2) is 18.2 Å². The van der Waals surface area contributed by atoms with Crippen LogP contribution in [0.3, 0.4) is 0 Å². The number of piperidine rings is 1. The monoisotopic (exact) mass is 467 g/mol. The number of methoxy groups -OCH3 is 1. The number of hydrogen-bond acceptors (Lipinski definition) is 6. The van der Waals surface area contributed by atoms with E-state index in [1.54, 1.807) is 7.11 Å². The van der Waals surface area contributed by atoms with Crippen LogP contribution in [0.25, 0.3) is 11.2 Å². The standard InChI is InChI=1S/C26H34FN5O2/c1-15(2)10-23-29-24-16(3)28-26(33-5)30-25(24)32(23)14-17-6-9-20(13-22(17)27)34-21-11-18-7-8-19(12-21)31(18)4/h6,9,13,15,18-19,21H,7-8,10-12,14H2,1-5H3. The van der Waals surface area contributed by atoms with Crippen LogP contribution in [0.2, 0.25) is 0 Å². The highest BCUT2D eigenvalue weighted by Crippen LogP contribution is 2.36. The van der Waals surface area contributed by atoms with E-state index < -0.39 is 0 Å². The Balaban J connectivity index is 1.40. The van der Waals surface area contributed by atoms with E-state index in [4.69, 9.17) is 14.5 Å². The topological polar surface area (TPSA) is 65.3 Å². The Hall–Kier alpha value is -2.74. The molecule has 7 nitrogen and oxygen atoms in total. The highest BCUT2D eigenvalue weighted by atomic mass is 19.1. The zero-order valence-corrected chi connectivity index (χ0v) is 20.7. The van der Waals surface area contributed by atoms with Gasteiger partial charge in [-0.3, -0.25) is 0 Å². The average molecular weight is 468 g/mol. The predicted octanol–water partition coefficient (Wildman–Crippen LogP) is 4.53. The number of fused-ring (bicyclic) bond motifs is 3. The number of aromatic nitrogens is 4. The van der Waals surface area contributed by atoms with Gasteiger partial charge in [-0.05, 0) is 51.6 Å². The minimum absolute atomic E-state index is 0.154. The molecule has 182 valence electrons. The van der Waals surface area contributed by atoms with Crippen molar-refractivity contribution >= 4 is 11.2 Å². The lowest BCUT2D eigenvalue weighted by Crippen LogP contribution is -2.43. The maximum absolute atomic E-state index is 15.3. The molecule has 0 aliphatic carbocycles. The van der Waals surface area contributed by atoms with Crippen molar-refractivity contribution in [2.24, 2.45) is 5.92 Å². The molecule has 8 heteroatoms. The Kier molecular flexibility index (Phi) is 6.18. The van der Waals surface area contributed by atoms with Crippen LogP contribution in [-0.2, 0) is 13.0 Å². The van der Waals surface area contributed by atoms with Gasteiger partial charge in [0.1, 0.15) is 29.0 Å². The van der Waals surface area contributed by atoms with Crippen molar-refractivity contribution in [1.29, 1.82) is 0 Å². The molecule has 2 unspecified atom stereocenters. The highest BCUT2D eigenvalue weighted by Gasteiger charge is 2.39. The van der Waals surface area contributed by atoms with E-state index in [2.05, 4.69) is 35.8 Å². The Bertz CT molecular complexity index is 1180. The van der Waals surface area contributed by atoms with Gasteiger partial charge in [-0.15, -0.1) is 0 Å². The van der Waals surface area contributed by atoms with E-state index in [1.807, 2.05) is 23.6 Å². The molecule has 2 aliphatic rings. The lowest BCUT2D eigenvalue weighted by atomic mass is 10.0. The Morgan fingerprint density at radius 2 is 1.85 bits per heavy atom. The molecule has 0 N–H and O–H groups in total. The molecule has 2 aromatic heterocycles. The van der Waals surface area contributed by atoms with Crippen LogP contribution < -0.4 is 9.47 Å². The third kappa shape index (κ3) is 4.35. The van der Waals surface area contributed by atoms with E-state index in [9.17, 15) is 0 Å². The predicted molar refractivity (Wildman–Crippen MR) is 129 cm³/mol. The summed E-state index contributed by atoms with van der Waals surface area (Å²) >= 11 is 0. The third-order valence-corrected chi connectivity index (χ3v) is 7.31. The fraction of sp³-hybridized carbons (Fsp3) is 0.577. The third-order valence-electron chi connectivity index (χ3n) is 7.31. The zero-order valence-electron chi connectivity index (χ0n) is 20.7. The molecule has 0 radical (unpaired) electrons. The zero-order chi connectivity index (χ0) is 24.0.